The lowest BCUT2D eigenvalue weighted by molar-refractivity contribution is -0.163. The number of nitrogens with one attached hydrogen (secondary N) is 1. The second-order valence-corrected chi connectivity index (χ2v) is 7.45. The fraction of sp³-hybridized carbons (Fsp3) is 0.812. The van der Waals surface area contributed by atoms with Crippen molar-refractivity contribution in [2.24, 2.45) is 5.92 Å². The zero-order valence-corrected chi connectivity index (χ0v) is 14.2. The minimum atomic E-state index is -0.990. The van der Waals surface area contributed by atoms with E-state index in [-0.39, 0.29) is 18.2 Å². The molecule has 2 heterocycles. The van der Waals surface area contributed by atoms with Crippen LogP contribution in [0.25, 0.3) is 0 Å². The highest BCUT2D eigenvalue weighted by Crippen LogP contribution is 2.35. The number of carbonyl (C=O) groups is 3. The maximum absolute atomic E-state index is 12.8. The Morgan fingerprint density at radius 2 is 2.09 bits per heavy atom. The summed E-state index contributed by atoms with van der Waals surface area (Å²) in [6.45, 7) is 7.64. The monoisotopic (exact) mass is 326 g/mol. The molecule has 2 N–H and O–H groups in total. The van der Waals surface area contributed by atoms with Crippen LogP contribution in [0, 0.1) is 5.92 Å². The first-order chi connectivity index (χ1) is 10.6. The highest BCUT2D eigenvalue weighted by Gasteiger charge is 2.56. The second kappa shape index (κ2) is 6.11. The van der Waals surface area contributed by atoms with E-state index in [2.05, 4.69) is 5.32 Å². The van der Waals surface area contributed by atoms with Gasteiger partial charge in [0.2, 0.25) is 11.8 Å². The Balaban J connectivity index is 2.10. The Hall–Kier alpha value is -1.63. The lowest BCUT2D eigenvalue weighted by atomic mass is 9.86. The maximum Gasteiger partial charge on any atom is 0.307 e. The number of aliphatic hydroxyl groups excluding tert-OH is 1. The van der Waals surface area contributed by atoms with E-state index in [9.17, 15) is 19.5 Å². The first kappa shape index (κ1) is 17.7. The van der Waals surface area contributed by atoms with Crippen molar-refractivity contribution < 1.29 is 24.2 Å². The molecule has 0 aromatic heterocycles. The van der Waals surface area contributed by atoms with E-state index in [1.165, 1.54) is 11.8 Å². The molecule has 0 saturated carbocycles. The SMILES string of the molecule is C[C@@H](O)[C@H](CC(=O)OC(C)(C)C)C(=O)N1CCCC12CNC2=O. The predicted molar refractivity (Wildman–Crippen MR) is 82.3 cm³/mol. The summed E-state index contributed by atoms with van der Waals surface area (Å²) >= 11 is 0. The molecule has 0 aromatic rings. The molecular formula is C16H26N2O5. The van der Waals surface area contributed by atoms with Crippen LogP contribution in [0.2, 0.25) is 0 Å². The predicted octanol–water partition coefficient (Wildman–Crippen LogP) is 0.206. The Kier molecular flexibility index (Phi) is 4.71. The molecule has 1 unspecified atom stereocenters. The van der Waals surface area contributed by atoms with Gasteiger partial charge in [0.1, 0.15) is 11.1 Å². The number of esters is 1. The summed E-state index contributed by atoms with van der Waals surface area (Å²) in [5.74, 6) is -1.92. The van der Waals surface area contributed by atoms with E-state index in [1.807, 2.05) is 0 Å². The molecular weight excluding hydrogens is 300 g/mol. The number of β-lactam (4-membered cyclic amide) rings is 1. The Morgan fingerprint density at radius 1 is 1.43 bits per heavy atom. The third kappa shape index (κ3) is 3.49. The molecule has 2 aliphatic rings. The lowest BCUT2D eigenvalue weighted by Crippen LogP contribution is -2.72. The average Bonchev–Trinajstić information content (AvgIpc) is 2.87. The molecule has 0 aliphatic carbocycles. The van der Waals surface area contributed by atoms with Crippen LogP contribution >= 0.6 is 0 Å². The number of carbonyl (C=O) groups excluding carboxylic acids is 3. The van der Waals surface area contributed by atoms with Crippen molar-refractivity contribution in [1.29, 1.82) is 0 Å². The number of amides is 2. The Labute approximate surface area is 136 Å². The number of hydrogen-bond donors (Lipinski definition) is 2. The largest absolute Gasteiger partial charge is 0.460 e. The Bertz CT molecular complexity index is 511. The number of hydrogen-bond acceptors (Lipinski definition) is 5. The van der Waals surface area contributed by atoms with Gasteiger partial charge in [0.25, 0.3) is 0 Å². The molecule has 23 heavy (non-hydrogen) atoms. The number of ether oxygens (including phenoxy) is 1. The van der Waals surface area contributed by atoms with Crippen LogP contribution in [0.3, 0.4) is 0 Å². The molecule has 2 saturated heterocycles. The van der Waals surface area contributed by atoms with E-state index in [4.69, 9.17) is 4.74 Å². The van der Waals surface area contributed by atoms with Gasteiger partial charge in [0, 0.05) is 13.1 Å². The molecule has 0 aromatic carbocycles. The van der Waals surface area contributed by atoms with E-state index < -0.39 is 29.1 Å². The highest BCUT2D eigenvalue weighted by molar-refractivity contribution is 5.98. The van der Waals surface area contributed by atoms with Crippen molar-refractivity contribution in [3.05, 3.63) is 0 Å². The maximum atomic E-state index is 12.8. The van der Waals surface area contributed by atoms with Gasteiger partial charge in [-0.15, -0.1) is 0 Å². The molecule has 2 aliphatic heterocycles. The molecule has 2 fully saturated rings. The van der Waals surface area contributed by atoms with Crippen LogP contribution in [-0.4, -0.2) is 58.1 Å². The topological polar surface area (TPSA) is 95.9 Å². The summed E-state index contributed by atoms with van der Waals surface area (Å²) in [5.41, 5.74) is -1.43. The summed E-state index contributed by atoms with van der Waals surface area (Å²) in [6, 6.07) is 0. The van der Waals surface area contributed by atoms with Crippen LogP contribution in [0.15, 0.2) is 0 Å². The van der Waals surface area contributed by atoms with Gasteiger partial charge in [-0.05, 0) is 40.5 Å². The number of nitrogens with zero attached hydrogens (tertiary/aromatic N) is 1. The standard InChI is InChI=1S/C16H26N2O5/c1-10(19)11(8-12(20)23-15(2,3)4)13(21)18-7-5-6-16(18)9-17-14(16)22/h10-11,19H,5-9H2,1-4H3,(H,17,22)/t10-,11+,16?/m1/s1. The average molecular weight is 326 g/mol. The molecule has 2 rings (SSSR count). The van der Waals surface area contributed by atoms with E-state index in [0.29, 0.717) is 19.5 Å². The van der Waals surface area contributed by atoms with Gasteiger partial charge in [-0.2, -0.15) is 0 Å². The summed E-state index contributed by atoms with van der Waals surface area (Å²) < 4.78 is 5.24. The first-order valence-electron chi connectivity index (χ1n) is 8.06. The molecule has 7 nitrogen and oxygen atoms in total. The normalized spacial score (nSPS) is 26.5. The van der Waals surface area contributed by atoms with Gasteiger partial charge >= 0.3 is 5.97 Å². The van der Waals surface area contributed by atoms with E-state index >= 15 is 0 Å². The van der Waals surface area contributed by atoms with Gasteiger partial charge in [-0.3, -0.25) is 14.4 Å². The number of aliphatic hydroxyl groups is 1. The quantitative estimate of drug-likeness (QED) is 0.568. The molecule has 0 bridgehead atoms. The third-order valence-electron chi connectivity index (χ3n) is 4.42. The van der Waals surface area contributed by atoms with Crippen molar-refractivity contribution >= 4 is 17.8 Å². The fourth-order valence-electron chi connectivity index (χ4n) is 3.21. The Morgan fingerprint density at radius 3 is 2.52 bits per heavy atom. The van der Waals surface area contributed by atoms with Gasteiger partial charge in [-0.1, -0.05) is 0 Å². The van der Waals surface area contributed by atoms with Crippen molar-refractivity contribution in [3.63, 3.8) is 0 Å². The third-order valence-corrected chi connectivity index (χ3v) is 4.42. The molecule has 3 atom stereocenters. The molecule has 7 heteroatoms. The summed E-state index contributed by atoms with van der Waals surface area (Å²) in [7, 11) is 0. The lowest BCUT2D eigenvalue weighted by Gasteiger charge is -2.45. The summed E-state index contributed by atoms with van der Waals surface area (Å²) in [5, 5.41) is 12.6. The van der Waals surface area contributed by atoms with E-state index in [1.54, 1.807) is 20.8 Å². The van der Waals surface area contributed by atoms with Crippen LogP contribution in [0.1, 0.15) is 47.0 Å². The minimum Gasteiger partial charge on any atom is -0.460 e. The summed E-state index contributed by atoms with van der Waals surface area (Å²) in [4.78, 5) is 38.3. The molecule has 130 valence electrons. The van der Waals surface area contributed by atoms with Crippen molar-refractivity contribution in [1.82, 2.24) is 10.2 Å². The van der Waals surface area contributed by atoms with Crippen molar-refractivity contribution in [2.75, 3.05) is 13.1 Å². The van der Waals surface area contributed by atoms with Crippen molar-refractivity contribution in [3.8, 4) is 0 Å². The van der Waals surface area contributed by atoms with Gasteiger partial charge in [0.15, 0.2) is 0 Å². The van der Waals surface area contributed by atoms with Gasteiger partial charge in [0.05, 0.1) is 18.4 Å². The fourth-order valence-corrected chi connectivity index (χ4v) is 3.21. The van der Waals surface area contributed by atoms with Crippen LogP contribution in [0.4, 0.5) is 0 Å². The van der Waals surface area contributed by atoms with Crippen LogP contribution in [-0.2, 0) is 19.1 Å². The molecule has 2 amide bonds. The minimum absolute atomic E-state index is 0.148. The second-order valence-electron chi connectivity index (χ2n) is 7.45. The smallest absolute Gasteiger partial charge is 0.307 e. The zero-order chi connectivity index (χ0) is 17.4. The summed E-state index contributed by atoms with van der Waals surface area (Å²) in [6.07, 6.45) is 0.194. The number of rotatable bonds is 4. The first-order valence-corrected chi connectivity index (χ1v) is 8.06. The van der Waals surface area contributed by atoms with Crippen molar-refractivity contribution in [2.45, 2.75) is 64.2 Å². The van der Waals surface area contributed by atoms with Crippen LogP contribution in [0.5, 0.6) is 0 Å². The van der Waals surface area contributed by atoms with E-state index in [0.717, 1.165) is 6.42 Å². The highest BCUT2D eigenvalue weighted by atomic mass is 16.6. The zero-order valence-electron chi connectivity index (χ0n) is 14.2. The van der Waals surface area contributed by atoms with Crippen LogP contribution < -0.4 is 5.32 Å². The van der Waals surface area contributed by atoms with Gasteiger partial charge < -0.3 is 20.1 Å². The molecule has 1 spiro atoms. The van der Waals surface area contributed by atoms with Gasteiger partial charge in [-0.25, -0.2) is 0 Å². The molecule has 0 radical (unpaired) electrons. The number of likely N-dealkylation sites (tertiary alicyclic amines) is 1.